The van der Waals surface area contributed by atoms with Gasteiger partial charge in [0.2, 0.25) is 11.7 Å². The summed E-state index contributed by atoms with van der Waals surface area (Å²) in [5.41, 5.74) is 1.10. The quantitative estimate of drug-likeness (QED) is 0.475. The number of anilines is 1. The van der Waals surface area contributed by atoms with Gasteiger partial charge in [0.05, 0.1) is 43.4 Å². The van der Waals surface area contributed by atoms with Crippen molar-refractivity contribution in [1.82, 2.24) is 9.97 Å². The van der Waals surface area contributed by atoms with Crippen LogP contribution in [-0.4, -0.2) is 30.1 Å². The lowest BCUT2D eigenvalue weighted by Crippen LogP contribution is -2.21. The number of amides is 1. The largest absolute Gasteiger partial charge is 0.493 e. The van der Waals surface area contributed by atoms with Gasteiger partial charge in [0, 0.05) is 11.1 Å². The van der Waals surface area contributed by atoms with E-state index in [1.807, 2.05) is 0 Å². The van der Waals surface area contributed by atoms with Crippen LogP contribution in [0, 0.1) is 6.92 Å². The summed E-state index contributed by atoms with van der Waals surface area (Å²) in [7, 11) is 2.95. The van der Waals surface area contributed by atoms with E-state index in [2.05, 4.69) is 15.3 Å². The highest BCUT2D eigenvalue weighted by Gasteiger charge is 2.19. The molecule has 158 valence electrons. The van der Waals surface area contributed by atoms with E-state index >= 15 is 0 Å². The summed E-state index contributed by atoms with van der Waals surface area (Å²) in [6.07, 6.45) is 1.12. The van der Waals surface area contributed by atoms with Gasteiger partial charge in [-0.1, -0.05) is 0 Å². The second-order valence-electron chi connectivity index (χ2n) is 6.86. The van der Waals surface area contributed by atoms with Crippen LogP contribution in [0.2, 0.25) is 0 Å². The van der Waals surface area contributed by atoms with Crippen LogP contribution in [0.25, 0.3) is 21.9 Å². The molecule has 0 saturated carbocycles. The summed E-state index contributed by atoms with van der Waals surface area (Å²) in [5.74, 6) is 0.324. The van der Waals surface area contributed by atoms with Gasteiger partial charge in [0.15, 0.2) is 11.3 Å². The lowest BCUT2D eigenvalue weighted by Gasteiger charge is -2.13. The second kappa shape index (κ2) is 7.94. The molecule has 0 spiro atoms. The molecule has 31 heavy (non-hydrogen) atoms. The standard InChI is InChI=1S/C22H19N3O6/c1-11-13-5-7-17(29-2)20(30-3)19(13)31-22(28)14(11)9-18(26)25-12-4-6-16-15(8-12)21(27)24-10-23-16/h4-8,10H,9H2,1-3H3,(H,25,26)(H,23,24,27). The highest BCUT2D eigenvalue weighted by Crippen LogP contribution is 2.36. The Bertz CT molecular complexity index is 1440. The third-order valence-corrected chi connectivity index (χ3v) is 5.06. The van der Waals surface area contributed by atoms with E-state index in [0.29, 0.717) is 39.0 Å². The number of benzene rings is 2. The number of nitrogens with zero attached hydrogens (tertiary/aromatic N) is 1. The van der Waals surface area contributed by atoms with Crippen molar-refractivity contribution in [2.75, 3.05) is 19.5 Å². The van der Waals surface area contributed by atoms with Gasteiger partial charge in [-0.05, 0) is 42.8 Å². The fourth-order valence-electron chi connectivity index (χ4n) is 3.48. The number of nitrogens with one attached hydrogen (secondary N) is 2. The van der Waals surface area contributed by atoms with E-state index in [-0.39, 0.29) is 23.1 Å². The van der Waals surface area contributed by atoms with E-state index in [0.717, 1.165) is 0 Å². The predicted molar refractivity (Wildman–Crippen MR) is 115 cm³/mol. The molecule has 9 heteroatoms. The number of ether oxygens (including phenoxy) is 2. The van der Waals surface area contributed by atoms with Crippen molar-refractivity contribution in [3.8, 4) is 11.5 Å². The van der Waals surface area contributed by atoms with Gasteiger partial charge in [-0.25, -0.2) is 9.78 Å². The van der Waals surface area contributed by atoms with Crippen LogP contribution in [-0.2, 0) is 11.2 Å². The Morgan fingerprint density at radius 3 is 2.68 bits per heavy atom. The predicted octanol–water partition coefficient (Wildman–Crippen LogP) is 2.54. The van der Waals surface area contributed by atoms with Crippen LogP contribution >= 0.6 is 0 Å². The molecule has 1 amide bonds. The molecule has 0 aliphatic rings. The average Bonchev–Trinajstić information content (AvgIpc) is 2.76. The molecule has 0 aliphatic carbocycles. The molecule has 0 fully saturated rings. The van der Waals surface area contributed by atoms with Gasteiger partial charge >= 0.3 is 5.63 Å². The highest BCUT2D eigenvalue weighted by molar-refractivity contribution is 5.96. The van der Waals surface area contributed by atoms with Crippen LogP contribution in [0.15, 0.2) is 50.7 Å². The summed E-state index contributed by atoms with van der Waals surface area (Å²) in [4.78, 5) is 43.8. The Morgan fingerprint density at radius 1 is 1.13 bits per heavy atom. The minimum Gasteiger partial charge on any atom is -0.493 e. The molecule has 2 aromatic heterocycles. The minimum atomic E-state index is -0.633. The van der Waals surface area contributed by atoms with Crippen LogP contribution in [0.5, 0.6) is 11.5 Å². The molecule has 0 atom stereocenters. The summed E-state index contributed by atoms with van der Waals surface area (Å²) < 4.78 is 16.0. The third-order valence-electron chi connectivity index (χ3n) is 5.06. The first-order valence-electron chi connectivity index (χ1n) is 9.37. The Hall–Kier alpha value is -4.14. The minimum absolute atomic E-state index is 0.195. The fraction of sp³-hybridized carbons (Fsp3) is 0.182. The first-order chi connectivity index (χ1) is 14.9. The third kappa shape index (κ3) is 3.61. The second-order valence-corrected chi connectivity index (χ2v) is 6.86. The van der Waals surface area contributed by atoms with E-state index < -0.39 is 11.5 Å². The van der Waals surface area contributed by atoms with E-state index in [4.69, 9.17) is 13.9 Å². The number of carbonyl (C=O) groups excluding carboxylic acids is 1. The molecule has 4 rings (SSSR count). The number of hydrogen-bond acceptors (Lipinski definition) is 7. The number of methoxy groups -OCH3 is 2. The zero-order chi connectivity index (χ0) is 22.1. The molecule has 0 unspecified atom stereocenters. The van der Waals surface area contributed by atoms with Crippen molar-refractivity contribution in [1.29, 1.82) is 0 Å². The van der Waals surface area contributed by atoms with Crippen molar-refractivity contribution in [2.24, 2.45) is 0 Å². The van der Waals surface area contributed by atoms with Gasteiger partial charge in [0.25, 0.3) is 5.56 Å². The van der Waals surface area contributed by atoms with Crippen LogP contribution in [0.1, 0.15) is 11.1 Å². The number of hydrogen-bond donors (Lipinski definition) is 2. The number of carbonyl (C=O) groups is 1. The topological polar surface area (TPSA) is 124 Å². The molecule has 0 bridgehead atoms. The lowest BCUT2D eigenvalue weighted by molar-refractivity contribution is -0.115. The first-order valence-corrected chi connectivity index (χ1v) is 9.37. The molecule has 2 aromatic carbocycles. The average molecular weight is 421 g/mol. The van der Waals surface area contributed by atoms with Crippen LogP contribution in [0.4, 0.5) is 5.69 Å². The van der Waals surface area contributed by atoms with Crippen LogP contribution < -0.4 is 26.0 Å². The Balaban J connectivity index is 1.67. The number of fused-ring (bicyclic) bond motifs is 2. The van der Waals surface area contributed by atoms with Gasteiger partial charge in [0.1, 0.15) is 0 Å². The monoisotopic (exact) mass is 421 g/mol. The van der Waals surface area contributed by atoms with Gasteiger partial charge in [-0.15, -0.1) is 0 Å². The zero-order valence-electron chi connectivity index (χ0n) is 17.1. The molecule has 4 aromatic rings. The van der Waals surface area contributed by atoms with Crippen LogP contribution in [0.3, 0.4) is 0 Å². The maximum atomic E-state index is 12.6. The van der Waals surface area contributed by atoms with Crippen molar-refractivity contribution in [3.05, 3.63) is 68.6 Å². The number of aryl methyl sites for hydroxylation is 1. The Kier molecular flexibility index (Phi) is 5.16. The molecular formula is C22H19N3O6. The molecular weight excluding hydrogens is 402 g/mol. The van der Waals surface area contributed by atoms with Crippen molar-refractivity contribution in [2.45, 2.75) is 13.3 Å². The summed E-state index contributed by atoms with van der Waals surface area (Å²) in [5, 5.41) is 3.70. The van der Waals surface area contributed by atoms with E-state index in [1.165, 1.54) is 26.6 Å². The molecule has 2 N–H and O–H groups in total. The maximum Gasteiger partial charge on any atom is 0.340 e. The van der Waals surface area contributed by atoms with Gasteiger partial charge in [-0.3, -0.25) is 9.59 Å². The summed E-state index contributed by atoms with van der Waals surface area (Å²) in [6.45, 7) is 1.75. The van der Waals surface area contributed by atoms with E-state index in [9.17, 15) is 14.4 Å². The van der Waals surface area contributed by atoms with Gasteiger partial charge in [-0.2, -0.15) is 0 Å². The smallest absolute Gasteiger partial charge is 0.340 e. The highest BCUT2D eigenvalue weighted by atomic mass is 16.5. The molecule has 9 nitrogen and oxygen atoms in total. The number of aromatic nitrogens is 2. The van der Waals surface area contributed by atoms with E-state index in [1.54, 1.807) is 31.2 Å². The first kappa shape index (κ1) is 20.1. The molecule has 0 saturated heterocycles. The fourth-order valence-corrected chi connectivity index (χ4v) is 3.48. The molecule has 0 radical (unpaired) electrons. The molecule has 2 heterocycles. The molecule has 0 aliphatic heterocycles. The van der Waals surface area contributed by atoms with Gasteiger partial charge < -0.3 is 24.2 Å². The Labute approximate surface area is 175 Å². The normalized spacial score (nSPS) is 10.9. The lowest BCUT2D eigenvalue weighted by atomic mass is 10.0. The Morgan fingerprint density at radius 2 is 1.94 bits per heavy atom. The van der Waals surface area contributed by atoms with Crippen molar-refractivity contribution < 1.29 is 18.7 Å². The number of rotatable bonds is 5. The zero-order valence-corrected chi connectivity index (χ0v) is 17.1. The maximum absolute atomic E-state index is 12.6. The summed E-state index contributed by atoms with van der Waals surface area (Å²) >= 11 is 0. The SMILES string of the molecule is COc1ccc2c(C)c(CC(=O)Nc3ccc4nc[nH]c(=O)c4c3)c(=O)oc2c1OC. The number of H-pyrrole nitrogens is 1. The summed E-state index contributed by atoms with van der Waals surface area (Å²) in [6, 6.07) is 8.26. The number of aromatic amines is 1. The van der Waals surface area contributed by atoms with Crippen molar-refractivity contribution >= 4 is 33.5 Å². The van der Waals surface area contributed by atoms with Crippen molar-refractivity contribution in [3.63, 3.8) is 0 Å².